The van der Waals surface area contributed by atoms with Gasteiger partial charge in [0.05, 0.1) is 11.9 Å². The van der Waals surface area contributed by atoms with E-state index in [2.05, 4.69) is 50.3 Å². The molecule has 2 aliphatic rings. The van der Waals surface area contributed by atoms with Crippen LogP contribution in [0, 0.1) is 12.8 Å². The maximum atomic E-state index is 11.6. The van der Waals surface area contributed by atoms with E-state index in [9.17, 15) is 8.42 Å². The Bertz CT molecular complexity index is 1220. The van der Waals surface area contributed by atoms with Crippen molar-refractivity contribution in [2.24, 2.45) is 5.92 Å². The average Bonchev–Trinajstić information content (AvgIpc) is 3.30. The summed E-state index contributed by atoms with van der Waals surface area (Å²) in [7, 11) is -3.28. The zero-order chi connectivity index (χ0) is 21.6. The number of likely N-dealkylation sites (tertiary alicyclic amines) is 1. The number of hydrogen-bond donors (Lipinski definition) is 2. The van der Waals surface area contributed by atoms with Gasteiger partial charge in [-0.1, -0.05) is 24.3 Å². The summed E-state index contributed by atoms with van der Waals surface area (Å²) in [5, 5.41) is 6.20. The second kappa shape index (κ2) is 7.80. The first kappa shape index (κ1) is 20.3. The molecule has 31 heavy (non-hydrogen) atoms. The number of nitrogens with one attached hydrogen (secondary N) is 2. The van der Waals surface area contributed by atoms with E-state index in [0.717, 1.165) is 36.0 Å². The first-order valence-corrected chi connectivity index (χ1v) is 12.7. The third kappa shape index (κ3) is 4.25. The van der Waals surface area contributed by atoms with Gasteiger partial charge in [-0.2, -0.15) is 0 Å². The van der Waals surface area contributed by atoms with Crippen LogP contribution in [0.15, 0.2) is 54.9 Å². The molecule has 6 nitrogen and oxygen atoms in total. The van der Waals surface area contributed by atoms with Crippen LogP contribution in [0.2, 0.25) is 0 Å². The molecule has 0 spiro atoms. The summed E-state index contributed by atoms with van der Waals surface area (Å²) in [6.45, 7) is 3.85. The number of hydrogen-bond acceptors (Lipinski definition) is 5. The normalized spacial score (nSPS) is 23.4. The molecular formula is C24H28N4O2S. The van der Waals surface area contributed by atoms with Gasteiger partial charge >= 0.3 is 0 Å². The molecule has 1 aliphatic carbocycles. The van der Waals surface area contributed by atoms with Crippen molar-refractivity contribution in [3.63, 3.8) is 0 Å². The SMILES string of the molecule is Cc1ccc(CN2CC3CC2CC3Nc2cccc3cnccc23)cc1NS(C)(=O)=O. The van der Waals surface area contributed by atoms with E-state index in [1.165, 1.54) is 23.8 Å². The molecule has 3 aromatic rings. The van der Waals surface area contributed by atoms with Gasteiger partial charge < -0.3 is 5.32 Å². The van der Waals surface area contributed by atoms with Gasteiger partial charge in [-0.05, 0) is 55.0 Å². The van der Waals surface area contributed by atoms with Crippen LogP contribution >= 0.6 is 0 Å². The van der Waals surface area contributed by atoms with Crippen molar-refractivity contribution in [3.8, 4) is 0 Å². The van der Waals surface area contributed by atoms with Gasteiger partial charge in [-0.25, -0.2) is 8.42 Å². The number of sulfonamides is 1. The zero-order valence-corrected chi connectivity index (χ0v) is 18.7. The Morgan fingerprint density at radius 1 is 1.13 bits per heavy atom. The molecule has 3 atom stereocenters. The fraction of sp³-hybridized carbons (Fsp3) is 0.375. The van der Waals surface area contributed by atoms with Gasteiger partial charge in [-0.15, -0.1) is 0 Å². The highest BCUT2D eigenvalue weighted by molar-refractivity contribution is 7.92. The number of fused-ring (bicyclic) bond motifs is 3. The van der Waals surface area contributed by atoms with Crippen molar-refractivity contribution >= 4 is 32.2 Å². The van der Waals surface area contributed by atoms with Crippen LogP contribution in [0.4, 0.5) is 11.4 Å². The Balaban J connectivity index is 1.26. The predicted molar refractivity (Wildman–Crippen MR) is 126 cm³/mol. The van der Waals surface area contributed by atoms with Gasteiger partial charge in [0.1, 0.15) is 0 Å². The minimum Gasteiger partial charge on any atom is -0.381 e. The largest absolute Gasteiger partial charge is 0.381 e. The number of anilines is 2. The van der Waals surface area contributed by atoms with E-state index in [0.29, 0.717) is 23.7 Å². The van der Waals surface area contributed by atoms with Gasteiger partial charge in [-0.3, -0.25) is 14.6 Å². The van der Waals surface area contributed by atoms with Crippen molar-refractivity contribution < 1.29 is 8.42 Å². The minimum atomic E-state index is -3.28. The third-order valence-corrected chi connectivity index (χ3v) is 7.25. The highest BCUT2D eigenvalue weighted by atomic mass is 32.2. The van der Waals surface area contributed by atoms with Crippen LogP contribution in [-0.2, 0) is 16.6 Å². The first-order chi connectivity index (χ1) is 14.9. The standard InChI is InChI=1S/C24H28N4O2S/c1-16-6-7-17(10-23(16)27-31(2,29)30)14-28-15-19-11-20(28)12-24(19)26-22-5-3-4-18-13-25-9-8-21(18)22/h3-10,13,19-20,24,26-27H,11-12,14-15H2,1-2H3. The number of piperidine rings is 1. The Hall–Kier alpha value is -2.64. The summed E-state index contributed by atoms with van der Waals surface area (Å²) in [6, 6.07) is 15.6. The van der Waals surface area contributed by atoms with E-state index in [1.807, 2.05) is 31.5 Å². The van der Waals surface area contributed by atoms with Gasteiger partial charge in [0.2, 0.25) is 10.0 Å². The van der Waals surface area contributed by atoms with E-state index < -0.39 is 10.0 Å². The Morgan fingerprint density at radius 2 is 2.00 bits per heavy atom. The molecule has 7 heteroatoms. The average molecular weight is 437 g/mol. The van der Waals surface area contributed by atoms with Gasteiger partial charge in [0.25, 0.3) is 0 Å². The molecule has 162 valence electrons. The van der Waals surface area contributed by atoms with Crippen LogP contribution in [0.3, 0.4) is 0 Å². The van der Waals surface area contributed by atoms with Crippen LogP contribution in [0.1, 0.15) is 24.0 Å². The molecule has 5 rings (SSSR count). The van der Waals surface area contributed by atoms with E-state index in [4.69, 9.17) is 0 Å². The van der Waals surface area contributed by atoms with Crippen molar-refractivity contribution in [1.82, 2.24) is 9.88 Å². The number of pyridine rings is 1. The molecule has 1 saturated carbocycles. The molecule has 0 radical (unpaired) electrons. The highest BCUT2D eigenvalue weighted by Crippen LogP contribution is 2.41. The molecule has 2 bridgehead atoms. The van der Waals surface area contributed by atoms with Crippen LogP contribution in [-0.4, -0.2) is 43.2 Å². The molecule has 2 fully saturated rings. The summed E-state index contributed by atoms with van der Waals surface area (Å²) in [4.78, 5) is 6.78. The summed E-state index contributed by atoms with van der Waals surface area (Å²) in [6.07, 6.45) is 7.30. The summed E-state index contributed by atoms with van der Waals surface area (Å²) in [5.74, 6) is 0.626. The molecule has 1 aromatic heterocycles. The van der Waals surface area contributed by atoms with Crippen molar-refractivity contribution in [2.75, 3.05) is 22.8 Å². The first-order valence-electron chi connectivity index (χ1n) is 10.8. The molecule has 2 N–H and O–H groups in total. The van der Waals surface area contributed by atoms with Crippen LogP contribution in [0.25, 0.3) is 10.8 Å². The smallest absolute Gasteiger partial charge is 0.229 e. The molecule has 2 aromatic carbocycles. The quantitative estimate of drug-likeness (QED) is 0.611. The van der Waals surface area contributed by atoms with E-state index in [-0.39, 0.29) is 0 Å². The molecule has 2 heterocycles. The number of aryl methyl sites for hydroxylation is 1. The molecular weight excluding hydrogens is 408 g/mol. The Morgan fingerprint density at radius 3 is 2.77 bits per heavy atom. The molecule has 1 aliphatic heterocycles. The Kier molecular flexibility index (Phi) is 5.10. The summed E-state index contributed by atoms with van der Waals surface area (Å²) < 4.78 is 25.9. The van der Waals surface area contributed by atoms with Crippen LogP contribution < -0.4 is 10.0 Å². The number of nitrogens with zero attached hydrogens (tertiary/aromatic N) is 2. The van der Waals surface area contributed by atoms with E-state index >= 15 is 0 Å². The molecule has 3 unspecified atom stereocenters. The topological polar surface area (TPSA) is 74.3 Å². The van der Waals surface area contributed by atoms with Crippen molar-refractivity contribution in [1.29, 1.82) is 0 Å². The Labute approximate surface area is 183 Å². The lowest BCUT2D eigenvalue weighted by atomic mass is 10.0. The minimum absolute atomic E-state index is 0.487. The monoisotopic (exact) mass is 436 g/mol. The van der Waals surface area contributed by atoms with Gasteiger partial charge in [0, 0.05) is 54.0 Å². The fourth-order valence-electron chi connectivity index (χ4n) is 5.18. The highest BCUT2D eigenvalue weighted by Gasteiger charge is 2.44. The lowest BCUT2D eigenvalue weighted by Crippen LogP contribution is -2.40. The number of benzene rings is 2. The lowest BCUT2D eigenvalue weighted by molar-refractivity contribution is 0.197. The number of aromatic nitrogens is 1. The van der Waals surface area contributed by atoms with Crippen molar-refractivity contribution in [3.05, 3.63) is 66.0 Å². The summed E-state index contributed by atoms with van der Waals surface area (Å²) >= 11 is 0. The molecule has 1 saturated heterocycles. The van der Waals surface area contributed by atoms with Crippen molar-refractivity contribution in [2.45, 2.75) is 38.4 Å². The lowest BCUT2D eigenvalue weighted by Gasteiger charge is -2.32. The summed E-state index contributed by atoms with van der Waals surface area (Å²) in [5.41, 5.74) is 3.95. The predicted octanol–water partition coefficient (Wildman–Crippen LogP) is 3.99. The zero-order valence-electron chi connectivity index (χ0n) is 17.9. The van der Waals surface area contributed by atoms with E-state index in [1.54, 1.807) is 0 Å². The number of rotatable bonds is 6. The second-order valence-corrected chi connectivity index (χ2v) is 10.7. The maximum absolute atomic E-state index is 11.6. The van der Waals surface area contributed by atoms with Gasteiger partial charge in [0.15, 0.2) is 0 Å². The third-order valence-electron chi connectivity index (χ3n) is 6.66. The second-order valence-electron chi connectivity index (χ2n) is 8.99. The molecule has 0 amide bonds. The fourth-order valence-corrected chi connectivity index (χ4v) is 5.80. The van der Waals surface area contributed by atoms with Crippen LogP contribution in [0.5, 0.6) is 0 Å². The maximum Gasteiger partial charge on any atom is 0.229 e.